The van der Waals surface area contributed by atoms with Gasteiger partial charge in [-0.25, -0.2) is 9.97 Å². The zero-order chi connectivity index (χ0) is 26.7. The standard InChI is InChI=1S/C23H35ClN8O4.ClH/c1-2-4-15(11-29-22(35)18-20(25)31-21(26)19(24)30-18)32(23(27)28)10-3-5-14-6-8-17(9-7-14)36-13-16(34)12-33;/h6-9,15-16,33-34H,2-5,10-13H2,1H3,(H3,27,28)(H,29,35)(H4,25,26,31);1H/t15-,16-;/m0./s1. The predicted molar refractivity (Wildman–Crippen MR) is 146 cm³/mol. The number of halogens is 2. The number of hydrogen-bond donors (Lipinski definition) is 7. The van der Waals surface area contributed by atoms with Crippen LogP contribution in [0.1, 0.15) is 42.2 Å². The van der Waals surface area contributed by atoms with Crippen LogP contribution in [0.2, 0.25) is 5.15 Å². The Morgan fingerprint density at radius 3 is 2.51 bits per heavy atom. The molecule has 0 saturated heterocycles. The lowest BCUT2D eigenvalue weighted by Crippen LogP contribution is -2.50. The van der Waals surface area contributed by atoms with E-state index in [-0.39, 0.29) is 66.6 Å². The molecule has 1 aromatic heterocycles. The summed E-state index contributed by atoms with van der Waals surface area (Å²) in [6.07, 6.45) is 2.08. The van der Waals surface area contributed by atoms with Gasteiger partial charge < -0.3 is 42.4 Å². The average Bonchev–Trinajstić information content (AvgIpc) is 2.85. The van der Waals surface area contributed by atoms with Crippen LogP contribution < -0.4 is 27.3 Å². The number of carbonyl (C=O) groups excluding carboxylic acids is 1. The summed E-state index contributed by atoms with van der Waals surface area (Å²) in [6.45, 7) is 2.42. The van der Waals surface area contributed by atoms with Crippen LogP contribution in [0.25, 0.3) is 0 Å². The lowest BCUT2D eigenvalue weighted by atomic mass is 10.1. The Morgan fingerprint density at radius 2 is 1.92 bits per heavy atom. The van der Waals surface area contributed by atoms with Gasteiger partial charge in [-0.3, -0.25) is 10.2 Å². The summed E-state index contributed by atoms with van der Waals surface area (Å²) in [4.78, 5) is 22.1. The molecule has 1 heterocycles. The van der Waals surface area contributed by atoms with Crippen LogP contribution in [0, 0.1) is 5.41 Å². The molecule has 0 saturated carbocycles. The van der Waals surface area contributed by atoms with Gasteiger partial charge in [0.15, 0.2) is 28.4 Å². The summed E-state index contributed by atoms with van der Waals surface area (Å²) >= 11 is 5.87. The molecule has 0 unspecified atom stereocenters. The molecule has 0 radical (unpaired) electrons. The maximum Gasteiger partial charge on any atom is 0.273 e. The van der Waals surface area contributed by atoms with Crippen molar-refractivity contribution in [2.24, 2.45) is 5.73 Å². The van der Waals surface area contributed by atoms with Crippen molar-refractivity contribution in [2.75, 3.05) is 37.8 Å². The van der Waals surface area contributed by atoms with E-state index >= 15 is 0 Å². The fourth-order valence-electron chi connectivity index (χ4n) is 3.55. The summed E-state index contributed by atoms with van der Waals surface area (Å²) in [5.74, 6) is -0.196. The van der Waals surface area contributed by atoms with Gasteiger partial charge in [0.1, 0.15) is 18.5 Å². The molecule has 14 heteroatoms. The monoisotopic (exact) mass is 558 g/mol. The number of hydrogen-bond acceptors (Lipinski definition) is 9. The van der Waals surface area contributed by atoms with E-state index in [1.807, 2.05) is 19.1 Å². The number of ether oxygens (including phenoxy) is 1. The molecule has 1 amide bonds. The molecular weight excluding hydrogens is 523 g/mol. The number of aliphatic hydroxyl groups is 2. The minimum atomic E-state index is -0.919. The molecule has 0 aliphatic carbocycles. The normalized spacial score (nSPS) is 12.2. The fourth-order valence-corrected chi connectivity index (χ4v) is 3.68. The molecule has 37 heavy (non-hydrogen) atoms. The third kappa shape index (κ3) is 10.1. The Kier molecular flexibility index (Phi) is 13.8. The van der Waals surface area contributed by atoms with Crippen molar-refractivity contribution in [1.82, 2.24) is 20.2 Å². The number of nitrogens with zero attached hydrogens (tertiary/aromatic N) is 3. The summed E-state index contributed by atoms with van der Waals surface area (Å²) in [5.41, 5.74) is 18.2. The minimum absolute atomic E-state index is 0. The van der Waals surface area contributed by atoms with Crippen molar-refractivity contribution >= 4 is 47.5 Å². The highest BCUT2D eigenvalue weighted by Crippen LogP contribution is 2.18. The van der Waals surface area contributed by atoms with Crippen LogP contribution in [0.5, 0.6) is 5.75 Å². The van der Waals surface area contributed by atoms with Crippen molar-refractivity contribution < 1.29 is 19.7 Å². The number of anilines is 2. The van der Waals surface area contributed by atoms with Crippen LogP contribution in [-0.2, 0) is 6.42 Å². The number of nitrogens with one attached hydrogen (secondary N) is 2. The van der Waals surface area contributed by atoms with E-state index < -0.39 is 12.0 Å². The van der Waals surface area contributed by atoms with Crippen molar-refractivity contribution in [2.45, 2.75) is 44.8 Å². The van der Waals surface area contributed by atoms with Gasteiger partial charge in [0, 0.05) is 19.1 Å². The van der Waals surface area contributed by atoms with Gasteiger partial charge in [-0.1, -0.05) is 37.1 Å². The summed E-state index contributed by atoms with van der Waals surface area (Å²) in [6, 6.07) is 7.24. The van der Waals surface area contributed by atoms with E-state index in [4.69, 9.17) is 44.1 Å². The lowest BCUT2D eigenvalue weighted by molar-refractivity contribution is 0.0536. The highest BCUT2D eigenvalue weighted by atomic mass is 35.5. The third-order valence-electron chi connectivity index (χ3n) is 5.43. The highest BCUT2D eigenvalue weighted by Gasteiger charge is 2.22. The largest absolute Gasteiger partial charge is 0.491 e. The Labute approximate surface area is 227 Å². The number of rotatable bonds is 14. The van der Waals surface area contributed by atoms with Crippen LogP contribution in [0.15, 0.2) is 24.3 Å². The predicted octanol–water partition coefficient (Wildman–Crippen LogP) is 1.17. The highest BCUT2D eigenvalue weighted by molar-refractivity contribution is 6.31. The molecule has 1 aromatic carbocycles. The number of carbonyl (C=O) groups is 1. The molecule has 2 atom stereocenters. The quantitative estimate of drug-likeness (QED) is 0.130. The van der Waals surface area contributed by atoms with E-state index in [0.29, 0.717) is 18.7 Å². The molecule has 0 spiro atoms. The Hall–Kier alpha value is -3.06. The maximum atomic E-state index is 12.6. The first-order valence-corrected chi connectivity index (χ1v) is 12.0. The second kappa shape index (κ2) is 15.9. The molecule has 0 bridgehead atoms. The number of aryl methyl sites for hydroxylation is 1. The zero-order valence-corrected chi connectivity index (χ0v) is 22.3. The number of nitrogen functional groups attached to an aromatic ring is 2. The summed E-state index contributed by atoms with van der Waals surface area (Å²) in [5, 5.41) is 29.0. The number of aromatic nitrogens is 2. The molecule has 0 fully saturated rings. The second-order valence-corrected chi connectivity index (χ2v) is 8.62. The summed E-state index contributed by atoms with van der Waals surface area (Å²) in [7, 11) is 0. The fraction of sp³-hybridized carbons (Fsp3) is 0.478. The minimum Gasteiger partial charge on any atom is -0.491 e. The van der Waals surface area contributed by atoms with Crippen molar-refractivity contribution in [3.05, 3.63) is 40.7 Å². The average molecular weight is 559 g/mol. The van der Waals surface area contributed by atoms with Crippen molar-refractivity contribution in [3.8, 4) is 5.75 Å². The zero-order valence-electron chi connectivity index (χ0n) is 20.7. The van der Waals surface area contributed by atoms with Crippen LogP contribution in [0.3, 0.4) is 0 Å². The number of benzene rings is 1. The first kappa shape index (κ1) is 32.0. The van der Waals surface area contributed by atoms with Gasteiger partial charge >= 0.3 is 0 Å². The molecule has 0 aliphatic heterocycles. The van der Waals surface area contributed by atoms with Gasteiger partial charge in [0.05, 0.1) is 6.61 Å². The van der Waals surface area contributed by atoms with E-state index in [1.165, 1.54) is 0 Å². The van der Waals surface area contributed by atoms with Gasteiger partial charge in [0.25, 0.3) is 5.91 Å². The van der Waals surface area contributed by atoms with Crippen molar-refractivity contribution in [3.63, 3.8) is 0 Å². The molecule has 2 aromatic rings. The SMILES string of the molecule is CCC[C@@H](CNC(=O)c1nc(Cl)c(N)nc1N)N(CCCc1ccc(OC[C@@H](O)CO)cc1)C(=N)N.Cl. The molecule has 10 N–H and O–H groups in total. The second-order valence-electron chi connectivity index (χ2n) is 8.26. The molecule has 2 rings (SSSR count). The van der Waals surface area contributed by atoms with Gasteiger partial charge in [0.2, 0.25) is 0 Å². The Bertz CT molecular complexity index is 1010. The van der Waals surface area contributed by atoms with E-state index in [0.717, 1.165) is 24.8 Å². The summed E-state index contributed by atoms with van der Waals surface area (Å²) < 4.78 is 5.42. The van der Waals surface area contributed by atoms with Gasteiger partial charge in [-0.15, -0.1) is 12.4 Å². The maximum absolute atomic E-state index is 12.6. The van der Waals surface area contributed by atoms with E-state index in [9.17, 15) is 9.90 Å². The molecule has 0 aliphatic rings. The topological polar surface area (TPSA) is 210 Å². The van der Waals surface area contributed by atoms with E-state index in [2.05, 4.69) is 15.3 Å². The van der Waals surface area contributed by atoms with Gasteiger partial charge in [-0.05, 0) is 37.0 Å². The first-order valence-electron chi connectivity index (χ1n) is 11.6. The number of aliphatic hydroxyl groups excluding tert-OH is 2. The van der Waals surface area contributed by atoms with Crippen LogP contribution in [-0.4, -0.2) is 75.4 Å². The molecule has 12 nitrogen and oxygen atoms in total. The Morgan fingerprint density at radius 1 is 1.24 bits per heavy atom. The number of nitrogens with two attached hydrogens (primary N) is 3. The first-order chi connectivity index (χ1) is 17.2. The number of amides is 1. The molecule has 206 valence electrons. The molecular formula is C23H36Cl2N8O4. The van der Waals surface area contributed by atoms with Crippen LogP contribution in [0.4, 0.5) is 11.6 Å². The van der Waals surface area contributed by atoms with E-state index in [1.54, 1.807) is 17.0 Å². The smallest absolute Gasteiger partial charge is 0.273 e. The Balaban J connectivity index is 0.00000684. The third-order valence-corrected chi connectivity index (χ3v) is 5.71. The lowest BCUT2D eigenvalue weighted by Gasteiger charge is -2.32. The van der Waals surface area contributed by atoms with Gasteiger partial charge in [-0.2, -0.15) is 0 Å². The van der Waals surface area contributed by atoms with Crippen LogP contribution >= 0.6 is 24.0 Å². The van der Waals surface area contributed by atoms with Crippen molar-refractivity contribution in [1.29, 1.82) is 5.41 Å². The number of guanidine groups is 1.